The van der Waals surface area contributed by atoms with E-state index in [1.165, 1.54) is 6.20 Å². The summed E-state index contributed by atoms with van der Waals surface area (Å²) in [7, 11) is -4.00. The van der Waals surface area contributed by atoms with Crippen LogP contribution in [0.4, 0.5) is 11.4 Å². The van der Waals surface area contributed by atoms with E-state index in [1.807, 2.05) is 13.0 Å². The number of carbonyl (C=O) groups excluding carboxylic acids is 1. The molecule has 1 aromatic heterocycles. The van der Waals surface area contributed by atoms with Crippen molar-refractivity contribution in [1.29, 1.82) is 0 Å². The van der Waals surface area contributed by atoms with Crippen molar-refractivity contribution in [2.24, 2.45) is 4.99 Å². The molecule has 0 fully saturated rings. The third-order valence-electron chi connectivity index (χ3n) is 5.16. The van der Waals surface area contributed by atoms with E-state index in [2.05, 4.69) is 33.3 Å². The van der Waals surface area contributed by atoms with E-state index < -0.39 is 16.0 Å². The van der Waals surface area contributed by atoms with E-state index in [1.54, 1.807) is 55.5 Å². The zero-order valence-electron chi connectivity index (χ0n) is 18.6. The van der Waals surface area contributed by atoms with E-state index in [0.717, 1.165) is 0 Å². The third-order valence-corrected chi connectivity index (χ3v) is 6.71. The molecule has 0 unspecified atom stereocenters. The maximum absolute atomic E-state index is 13.4. The first kappa shape index (κ1) is 23.0. The molecule has 7 nitrogen and oxygen atoms in total. The van der Waals surface area contributed by atoms with Crippen LogP contribution in [-0.4, -0.2) is 26.1 Å². The number of aromatic nitrogens is 1. The Labute approximate surface area is 198 Å². The molecular weight excluding hydrogens is 450 g/mol. The van der Waals surface area contributed by atoms with Crippen LogP contribution in [0.5, 0.6) is 0 Å². The van der Waals surface area contributed by atoms with E-state index in [4.69, 9.17) is 4.74 Å². The van der Waals surface area contributed by atoms with Crippen LogP contribution in [0.25, 0.3) is 6.08 Å². The highest BCUT2D eigenvalue weighted by Gasteiger charge is 2.24. The van der Waals surface area contributed by atoms with Crippen molar-refractivity contribution in [3.8, 4) is 11.8 Å². The molecule has 0 bridgehead atoms. The SMILES string of the molecule is C=Nc1c(/C=C\C)ccc(C)c1S(=O)(=O)Nc1ccccc1C#Cc1cnc2c(c1)COC2=O. The number of ether oxygens (including phenoxy) is 1. The van der Waals surface area contributed by atoms with Gasteiger partial charge in [-0.15, -0.1) is 0 Å². The summed E-state index contributed by atoms with van der Waals surface area (Å²) in [6, 6.07) is 12.1. The fraction of sp³-hybridized carbons (Fsp3) is 0.115. The fourth-order valence-corrected chi connectivity index (χ4v) is 5.10. The largest absolute Gasteiger partial charge is 0.456 e. The molecule has 2 heterocycles. The second-order valence-corrected chi connectivity index (χ2v) is 9.14. The van der Waals surface area contributed by atoms with Gasteiger partial charge in [-0.3, -0.25) is 9.71 Å². The van der Waals surface area contributed by atoms with Gasteiger partial charge in [0.2, 0.25) is 0 Å². The quantitative estimate of drug-likeness (QED) is 0.333. The third kappa shape index (κ3) is 4.47. The van der Waals surface area contributed by atoms with Gasteiger partial charge in [0.1, 0.15) is 11.5 Å². The lowest BCUT2D eigenvalue weighted by molar-refractivity contribution is 0.0531. The zero-order chi connectivity index (χ0) is 24.3. The van der Waals surface area contributed by atoms with Crippen molar-refractivity contribution >= 4 is 40.2 Å². The molecule has 8 heteroatoms. The number of aliphatic imine (C=N–C) groups is 1. The Hall–Kier alpha value is -4.22. The van der Waals surface area contributed by atoms with Gasteiger partial charge in [0.15, 0.2) is 5.69 Å². The predicted octanol–water partition coefficient (Wildman–Crippen LogP) is 4.63. The molecule has 0 saturated heterocycles. The minimum Gasteiger partial charge on any atom is -0.456 e. The first-order chi connectivity index (χ1) is 16.3. The van der Waals surface area contributed by atoms with E-state index in [-0.39, 0.29) is 17.2 Å². The summed E-state index contributed by atoms with van der Waals surface area (Å²) < 4.78 is 34.4. The number of para-hydroxylation sites is 1. The normalized spacial score (nSPS) is 12.6. The number of benzene rings is 2. The molecule has 4 rings (SSSR count). The number of nitrogens with one attached hydrogen (secondary N) is 1. The Kier molecular flexibility index (Phi) is 6.30. The van der Waals surface area contributed by atoms with Gasteiger partial charge >= 0.3 is 5.97 Å². The summed E-state index contributed by atoms with van der Waals surface area (Å²) in [5, 5.41) is 0. The molecule has 0 atom stereocenters. The van der Waals surface area contributed by atoms with Crippen LogP contribution in [0.15, 0.2) is 64.6 Å². The molecule has 1 N–H and O–H groups in total. The Bertz CT molecular complexity index is 1510. The number of carbonyl (C=O) groups is 1. The average Bonchev–Trinajstić information content (AvgIpc) is 3.19. The van der Waals surface area contributed by atoms with Crippen molar-refractivity contribution < 1.29 is 17.9 Å². The number of pyridine rings is 1. The number of nitrogens with zero attached hydrogens (tertiary/aromatic N) is 2. The first-order valence-electron chi connectivity index (χ1n) is 10.4. The van der Waals surface area contributed by atoms with Gasteiger partial charge in [-0.25, -0.2) is 18.2 Å². The van der Waals surface area contributed by atoms with Gasteiger partial charge in [-0.05, 0) is 44.3 Å². The number of sulfonamides is 1. The summed E-state index contributed by atoms with van der Waals surface area (Å²) in [6.45, 7) is 7.29. The minimum atomic E-state index is -4.00. The molecule has 0 spiro atoms. The second kappa shape index (κ2) is 9.33. The van der Waals surface area contributed by atoms with Crippen molar-refractivity contribution in [3.05, 3.63) is 88.2 Å². The predicted molar refractivity (Wildman–Crippen MR) is 132 cm³/mol. The lowest BCUT2D eigenvalue weighted by atomic mass is 10.1. The van der Waals surface area contributed by atoms with Crippen molar-refractivity contribution in [2.45, 2.75) is 25.3 Å². The van der Waals surface area contributed by atoms with Crippen LogP contribution in [0.1, 0.15) is 45.2 Å². The molecular formula is C26H21N3O4S. The van der Waals surface area contributed by atoms with Crippen molar-refractivity contribution in [3.63, 3.8) is 0 Å². The maximum Gasteiger partial charge on any atom is 0.357 e. The standard InChI is InChI=1S/C26H21N3O4S/c1-4-7-20-12-10-17(2)25(23(20)27-3)34(31,32)29-22-9-6-5-8-19(22)13-11-18-14-21-16-33-26(30)24(21)28-15-18/h4-10,12,14-15,29H,3,16H2,1-2H3/b7-4-. The Morgan fingerprint density at radius 2 is 2.00 bits per heavy atom. The van der Waals surface area contributed by atoms with Crippen molar-refractivity contribution in [1.82, 2.24) is 4.98 Å². The molecule has 170 valence electrons. The summed E-state index contributed by atoms with van der Waals surface area (Å²) in [5.74, 6) is 5.52. The van der Waals surface area contributed by atoms with Crippen LogP contribution in [0.3, 0.4) is 0 Å². The molecule has 1 aliphatic heterocycles. The summed E-state index contributed by atoms with van der Waals surface area (Å²) in [6.07, 6.45) is 5.08. The molecule has 0 aliphatic carbocycles. The maximum atomic E-state index is 13.4. The fourth-order valence-electron chi connectivity index (χ4n) is 3.60. The van der Waals surface area contributed by atoms with Gasteiger partial charge in [-0.2, -0.15) is 0 Å². The highest BCUT2D eigenvalue weighted by atomic mass is 32.2. The minimum absolute atomic E-state index is 0.0633. The van der Waals surface area contributed by atoms with Gasteiger partial charge in [0.25, 0.3) is 10.0 Å². The van der Waals surface area contributed by atoms with E-state index >= 15 is 0 Å². The number of hydrogen-bond donors (Lipinski definition) is 1. The Morgan fingerprint density at radius 1 is 1.21 bits per heavy atom. The number of cyclic esters (lactones) is 1. The molecule has 2 aromatic carbocycles. The average molecular weight is 472 g/mol. The van der Waals surface area contributed by atoms with Crippen LogP contribution in [0.2, 0.25) is 0 Å². The molecule has 0 saturated carbocycles. The van der Waals surface area contributed by atoms with Gasteiger partial charge in [0.05, 0.1) is 11.4 Å². The lowest BCUT2D eigenvalue weighted by Gasteiger charge is -2.15. The van der Waals surface area contributed by atoms with Gasteiger partial charge in [0, 0.05) is 28.5 Å². The van der Waals surface area contributed by atoms with Crippen molar-refractivity contribution in [2.75, 3.05) is 4.72 Å². The number of aryl methyl sites for hydroxylation is 1. The molecule has 34 heavy (non-hydrogen) atoms. The van der Waals surface area contributed by atoms with Crippen LogP contribution >= 0.6 is 0 Å². The monoisotopic (exact) mass is 471 g/mol. The zero-order valence-corrected chi connectivity index (χ0v) is 19.4. The number of esters is 1. The highest BCUT2D eigenvalue weighted by molar-refractivity contribution is 7.93. The molecule has 1 aliphatic rings. The number of rotatable bonds is 5. The summed E-state index contributed by atoms with van der Waals surface area (Å²) in [4.78, 5) is 19.8. The van der Waals surface area contributed by atoms with Crippen LogP contribution < -0.4 is 4.72 Å². The Morgan fingerprint density at radius 3 is 2.76 bits per heavy atom. The molecule has 0 amide bonds. The molecule has 3 aromatic rings. The van der Waals surface area contributed by atoms with Crippen LogP contribution in [0, 0.1) is 18.8 Å². The van der Waals surface area contributed by atoms with E-state index in [0.29, 0.717) is 39.2 Å². The number of anilines is 1. The van der Waals surface area contributed by atoms with Crippen LogP contribution in [-0.2, 0) is 21.4 Å². The molecule has 0 radical (unpaired) electrons. The first-order valence-corrected chi connectivity index (χ1v) is 11.9. The van der Waals surface area contributed by atoms with Gasteiger partial charge < -0.3 is 4.74 Å². The topological polar surface area (TPSA) is 97.7 Å². The van der Waals surface area contributed by atoms with E-state index in [9.17, 15) is 13.2 Å². The lowest BCUT2D eigenvalue weighted by Crippen LogP contribution is -2.15. The van der Waals surface area contributed by atoms with Gasteiger partial charge in [-0.1, -0.05) is 48.3 Å². The number of allylic oxidation sites excluding steroid dienone is 1. The number of fused-ring (bicyclic) bond motifs is 1. The Balaban J connectivity index is 1.71. The summed E-state index contributed by atoms with van der Waals surface area (Å²) >= 11 is 0. The smallest absolute Gasteiger partial charge is 0.357 e. The second-order valence-electron chi connectivity index (χ2n) is 7.52. The summed E-state index contributed by atoms with van der Waals surface area (Å²) in [5.41, 5.74) is 3.85. The number of hydrogen-bond acceptors (Lipinski definition) is 6. The highest BCUT2D eigenvalue weighted by Crippen LogP contribution is 2.34.